The van der Waals surface area contributed by atoms with Gasteiger partial charge in [0.05, 0.1) is 0 Å². The Morgan fingerprint density at radius 3 is 2.12 bits per heavy atom. The number of benzene rings is 2. The second-order valence-corrected chi connectivity index (χ2v) is 9.14. The second kappa shape index (κ2) is 10.4. The lowest BCUT2D eigenvalue weighted by atomic mass is 9.94. The molecule has 0 spiro atoms. The van der Waals surface area contributed by atoms with Gasteiger partial charge in [-0.05, 0) is 48.2 Å². The smallest absolute Gasteiger partial charge is 0.278 e. The van der Waals surface area contributed by atoms with Crippen LogP contribution in [-0.2, 0) is 22.7 Å². The summed E-state index contributed by atoms with van der Waals surface area (Å²) in [5.41, 5.74) is 2.49. The molecule has 3 amide bonds. The molecular weight excluding hydrogens is 461 g/mol. The van der Waals surface area contributed by atoms with E-state index in [0.717, 1.165) is 43.2 Å². The van der Waals surface area contributed by atoms with Crippen LogP contribution >= 0.6 is 23.2 Å². The molecule has 0 radical (unpaired) electrons. The van der Waals surface area contributed by atoms with Gasteiger partial charge in [0.2, 0.25) is 0 Å². The third kappa shape index (κ3) is 5.40. The van der Waals surface area contributed by atoms with Crippen molar-refractivity contribution < 1.29 is 14.4 Å². The summed E-state index contributed by atoms with van der Waals surface area (Å²) in [6.07, 6.45) is 4.82. The van der Waals surface area contributed by atoms with E-state index in [-0.39, 0.29) is 28.6 Å². The molecule has 172 valence electrons. The molecule has 0 atom stereocenters. The molecule has 0 aromatic heterocycles. The van der Waals surface area contributed by atoms with Crippen LogP contribution in [0.1, 0.15) is 53.6 Å². The zero-order valence-corrected chi connectivity index (χ0v) is 19.6. The Morgan fingerprint density at radius 1 is 0.848 bits per heavy atom. The molecule has 1 heterocycles. The first kappa shape index (κ1) is 23.3. The van der Waals surface area contributed by atoms with Crippen molar-refractivity contribution in [3.05, 3.63) is 81.0 Å². The minimum Gasteiger partial charge on any atom is -0.375 e. The Balaban J connectivity index is 1.32. The molecule has 2 aromatic carbocycles. The number of hydrogen-bond donors (Lipinski definition) is 2. The summed E-state index contributed by atoms with van der Waals surface area (Å²) in [5.74, 6) is -0.950. The predicted molar refractivity (Wildman–Crippen MR) is 128 cm³/mol. The molecule has 6 nitrogen and oxygen atoms in total. The highest BCUT2D eigenvalue weighted by Gasteiger charge is 2.41. The van der Waals surface area contributed by atoms with Crippen LogP contribution in [-0.4, -0.2) is 28.7 Å². The molecule has 0 saturated heterocycles. The highest BCUT2D eigenvalue weighted by Crippen LogP contribution is 2.30. The third-order valence-electron chi connectivity index (χ3n) is 6.05. The Hall–Kier alpha value is -2.83. The summed E-state index contributed by atoms with van der Waals surface area (Å²) < 4.78 is 0. The Labute approximate surface area is 202 Å². The summed E-state index contributed by atoms with van der Waals surface area (Å²) in [6.45, 7) is 0.718. The van der Waals surface area contributed by atoms with Gasteiger partial charge < -0.3 is 10.6 Å². The highest BCUT2D eigenvalue weighted by molar-refractivity contribution is 6.47. The fraction of sp³-hybridized carbons (Fsp3) is 0.320. The van der Waals surface area contributed by atoms with Gasteiger partial charge in [-0.25, -0.2) is 0 Å². The first-order chi connectivity index (χ1) is 15.9. The number of amides is 3. The van der Waals surface area contributed by atoms with E-state index in [1.165, 1.54) is 4.90 Å². The standard InChI is InChI=1S/C25H25Cl2N3O3/c26-19-12-8-17(9-13-19)15-29-23(31)18-10-6-16(7-11-18)14-28-22-21(27)24(32)30(25(22)33)20-4-2-1-3-5-20/h6-13,20,28H,1-5,14-15H2,(H,29,31). The Bertz CT molecular complexity index is 1080. The minimum atomic E-state index is -0.413. The largest absolute Gasteiger partial charge is 0.375 e. The van der Waals surface area contributed by atoms with Gasteiger partial charge in [-0.15, -0.1) is 0 Å². The van der Waals surface area contributed by atoms with Gasteiger partial charge in [-0.3, -0.25) is 19.3 Å². The molecule has 2 aliphatic rings. The maximum Gasteiger partial charge on any atom is 0.278 e. The van der Waals surface area contributed by atoms with E-state index in [4.69, 9.17) is 23.2 Å². The van der Waals surface area contributed by atoms with Crippen LogP contribution in [0.3, 0.4) is 0 Å². The SMILES string of the molecule is O=C(NCc1ccc(Cl)cc1)c1ccc(CNC2=C(Cl)C(=O)N(C3CCCCC3)C2=O)cc1. The van der Waals surface area contributed by atoms with Crippen molar-refractivity contribution in [2.24, 2.45) is 0 Å². The van der Waals surface area contributed by atoms with Crippen LogP contribution in [0.2, 0.25) is 5.02 Å². The molecule has 8 heteroatoms. The van der Waals surface area contributed by atoms with Crippen LogP contribution in [0.4, 0.5) is 0 Å². The molecular formula is C25H25Cl2N3O3. The van der Waals surface area contributed by atoms with Crippen molar-refractivity contribution in [3.8, 4) is 0 Å². The van der Waals surface area contributed by atoms with E-state index < -0.39 is 5.91 Å². The van der Waals surface area contributed by atoms with E-state index in [2.05, 4.69) is 10.6 Å². The molecule has 1 saturated carbocycles. The normalized spacial score (nSPS) is 17.0. The molecule has 0 bridgehead atoms. The van der Waals surface area contributed by atoms with E-state index in [1.807, 2.05) is 12.1 Å². The lowest BCUT2D eigenvalue weighted by molar-refractivity contribution is -0.140. The monoisotopic (exact) mass is 485 g/mol. The van der Waals surface area contributed by atoms with Crippen LogP contribution in [0.15, 0.2) is 59.3 Å². The van der Waals surface area contributed by atoms with Crippen molar-refractivity contribution in [1.82, 2.24) is 15.5 Å². The lowest BCUT2D eigenvalue weighted by Gasteiger charge is -2.29. The number of rotatable bonds is 7. The average Bonchev–Trinajstić information content (AvgIpc) is 3.05. The fourth-order valence-electron chi connectivity index (χ4n) is 4.19. The first-order valence-corrected chi connectivity index (χ1v) is 11.8. The molecule has 4 rings (SSSR count). The van der Waals surface area contributed by atoms with E-state index in [0.29, 0.717) is 23.7 Å². The summed E-state index contributed by atoms with van der Waals surface area (Å²) in [6, 6.07) is 14.3. The fourth-order valence-corrected chi connectivity index (χ4v) is 4.56. The molecule has 33 heavy (non-hydrogen) atoms. The van der Waals surface area contributed by atoms with E-state index in [1.54, 1.807) is 36.4 Å². The number of imide groups is 1. The number of carbonyl (C=O) groups is 3. The summed E-state index contributed by atoms with van der Waals surface area (Å²) in [5, 5.41) is 6.49. The number of carbonyl (C=O) groups excluding carboxylic acids is 3. The maximum absolute atomic E-state index is 12.8. The van der Waals surface area contributed by atoms with Gasteiger partial charge in [0.15, 0.2) is 0 Å². The Morgan fingerprint density at radius 2 is 1.45 bits per heavy atom. The topological polar surface area (TPSA) is 78.5 Å². The van der Waals surface area contributed by atoms with Gasteiger partial charge in [0.1, 0.15) is 10.7 Å². The first-order valence-electron chi connectivity index (χ1n) is 11.1. The predicted octanol–water partition coefficient (Wildman–Crippen LogP) is 4.51. The molecule has 2 aromatic rings. The number of hydrogen-bond acceptors (Lipinski definition) is 4. The van der Waals surface area contributed by atoms with Crippen LogP contribution < -0.4 is 10.6 Å². The minimum absolute atomic E-state index is 0.0521. The third-order valence-corrected chi connectivity index (χ3v) is 6.65. The molecule has 1 fully saturated rings. The number of halogens is 2. The van der Waals surface area contributed by atoms with Crippen LogP contribution in [0, 0.1) is 0 Å². The lowest BCUT2D eigenvalue weighted by Crippen LogP contribution is -2.43. The summed E-state index contributed by atoms with van der Waals surface area (Å²) >= 11 is 12.1. The van der Waals surface area contributed by atoms with Crippen LogP contribution in [0.5, 0.6) is 0 Å². The summed E-state index contributed by atoms with van der Waals surface area (Å²) in [4.78, 5) is 39.1. The highest BCUT2D eigenvalue weighted by atomic mass is 35.5. The maximum atomic E-state index is 12.8. The molecule has 1 aliphatic carbocycles. The van der Waals surface area contributed by atoms with E-state index in [9.17, 15) is 14.4 Å². The quantitative estimate of drug-likeness (QED) is 0.565. The van der Waals surface area contributed by atoms with Gasteiger partial charge >= 0.3 is 0 Å². The second-order valence-electron chi connectivity index (χ2n) is 8.32. The van der Waals surface area contributed by atoms with Crippen molar-refractivity contribution in [2.45, 2.75) is 51.2 Å². The van der Waals surface area contributed by atoms with Gasteiger partial charge in [0.25, 0.3) is 17.7 Å². The zero-order valence-electron chi connectivity index (χ0n) is 18.1. The number of nitrogens with zero attached hydrogens (tertiary/aromatic N) is 1. The summed E-state index contributed by atoms with van der Waals surface area (Å²) in [7, 11) is 0. The molecule has 1 aliphatic heterocycles. The molecule has 0 unspecified atom stereocenters. The Kier molecular flexibility index (Phi) is 7.36. The number of nitrogens with one attached hydrogen (secondary N) is 2. The van der Waals surface area contributed by atoms with E-state index >= 15 is 0 Å². The van der Waals surface area contributed by atoms with Crippen molar-refractivity contribution in [3.63, 3.8) is 0 Å². The van der Waals surface area contributed by atoms with Crippen molar-refractivity contribution in [1.29, 1.82) is 0 Å². The zero-order chi connectivity index (χ0) is 23.4. The van der Waals surface area contributed by atoms with Crippen molar-refractivity contribution in [2.75, 3.05) is 0 Å². The van der Waals surface area contributed by atoms with Gasteiger partial charge in [-0.1, -0.05) is 66.7 Å². The van der Waals surface area contributed by atoms with Gasteiger partial charge in [0, 0.05) is 29.7 Å². The average molecular weight is 486 g/mol. The van der Waals surface area contributed by atoms with Gasteiger partial charge in [-0.2, -0.15) is 0 Å². The van der Waals surface area contributed by atoms with Crippen molar-refractivity contribution >= 4 is 40.9 Å². The van der Waals surface area contributed by atoms with Crippen LogP contribution in [0.25, 0.3) is 0 Å². The molecule has 2 N–H and O–H groups in total.